The first kappa shape index (κ1) is 21.6. The van der Waals surface area contributed by atoms with Crippen molar-refractivity contribution in [1.82, 2.24) is 4.90 Å². The molecule has 0 bridgehead atoms. The molecule has 0 unspecified atom stereocenters. The number of ketones is 1. The first-order valence-electron chi connectivity index (χ1n) is 10.0. The van der Waals surface area contributed by atoms with Crippen molar-refractivity contribution >= 4 is 28.7 Å². The molecule has 1 aromatic heterocycles. The average Bonchev–Trinajstić information content (AvgIpc) is 2.66. The molecule has 30 heavy (non-hydrogen) atoms. The minimum absolute atomic E-state index is 0.0101. The van der Waals surface area contributed by atoms with E-state index in [0.29, 0.717) is 41.5 Å². The Kier molecular flexibility index (Phi) is 5.74. The van der Waals surface area contributed by atoms with Crippen LogP contribution >= 0.6 is 0 Å². The summed E-state index contributed by atoms with van der Waals surface area (Å²) in [7, 11) is 3.39. The number of phenols is 1. The second-order valence-corrected chi connectivity index (χ2v) is 8.22. The van der Waals surface area contributed by atoms with Crippen LogP contribution in [0.15, 0.2) is 21.4 Å². The summed E-state index contributed by atoms with van der Waals surface area (Å²) in [5, 5.41) is 11.3. The van der Waals surface area contributed by atoms with Crippen molar-refractivity contribution in [3.8, 4) is 11.5 Å². The average molecular weight is 413 g/mol. The molecule has 2 heterocycles. The summed E-state index contributed by atoms with van der Waals surface area (Å²) in [4.78, 5) is 38.4. The highest BCUT2D eigenvalue weighted by Crippen LogP contribution is 2.46. The number of amides is 1. The molecule has 1 aromatic carbocycles. The van der Waals surface area contributed by atoms with Gasteiger partial charge in [0.25, 0.3) is 0 Å². The molecule has 2 aromatic rings. The van der Waals surface area contributed by atoms with E-state index in [1.54, 1.807) is 33.2 Å². The van der Waals surface area contributed by atoms with Crippen molar-refractivity contribution < 1.29 is 23.8 Å². The molecule has 1 amide bonds. The third-order valence-corrected chi connectivity index (χ3v) is 5.19. The fourth-order valence-corrected chi connectivity index (χ4v) is 3.58. The van der Waals surface area contributed by atoms with Crippen molar-refractivity contribution in [2.24, 2.45) is 0 Å². The van der Waals surface area contributed by atoms with Crippen LogP contribution in [-0.4, -0.2) is 41.4 Å². The number of hydrogen-bond acceptors (Lipinski definition) is 6. The number of benzene rings is 1. The Bertz CT molecular complexity index is 1110. The van der Waals surface area contributed by atoms with Crippen LogP contribution in [0.25, 0.3) is 17.0 Å². The number of fused-ring (bicyclic) bond motifs is 3. The van der Waals surface area contributed by atoms with Crippen LogP contribution in [0.5, 0.6) is 11.5 Å². The van der Waals surface area contributed by atoms with Gasteiger partial charge in [-0.2, -0.15) is 0 Å². The molecule has 0 atom stereocenters. The molecule has 7 nitrogen and oxygen atoms in total. The number of phenolic OH excluding ortho intramolecular Hbond substituents is 1. The largest absolute Gasteiger partial charge is 0.506 e. The molecule has 0 saturated carbocycles. The van der Waals surface area contributed by atoms with Gasteiger partial charge in [-0.15, -0.1) is 0 Å². The molecule has 0 spiro atoms. The number of aromatic hydroxyl groups is 1. The maximum Gasteiger partial charge on any atom is 0.336 e. The van der Waals surface area contributed by atoms with Gasteiger partial charge in [-0.25, -0.2) is 4.79 Å². The van der Waals surface area contributed by atoms with Gasteiger partial charge in [-0.3, -0.25) is 9.59 Å². The summed E-state index contributed by atoms with van der Waals surface area (Å²) in [6, 6.07) is 1.37. The van der Waals surface area contributed by atoms with E-state index in [1.807, 2.05) is 13.8 Å². The molecule has 1 aliphatic heterocycles. The van der Waals surface area contributed by atoms with Gasteiger partial charge in [0.05, 0.1) is 10.9 Å². The summed E-state index contributed by atoms with van der Waals surface area (Å²) in [5.74, 6) is -0.217. The van der Waals surface area contributed by atoms with E-state index < -0.39 is 11.2 Å². The highest BCUT2D eigenvalue weighted by atomic mass is 16.5. The number of nitrogens with zero attached hydrogens (tertiary/aromatic N) is 1. The zero-order valence-electron chi connectivity index (χ0n) is 18.0. The summed E-state index contributed by atoms with van der Waals surface area (Å²) >= 11 is 0. The number of hydrogen-bond donors (Lipinski definition) is 1. The lowest BCUT2D eigenvalue weighted by Gasteiger charge is -2.30. The first-order chi connectivity index (χ1) is 14.1. The third-order valence-electron chi connectivity index (χ3n) is 5.19. The molecule has 3 rings (SSSR count). The molecule has 0 radical (unpaired) electrons. The Morgan fingerprint density at radius 3 is 2.57 bits per heavy atom. The molecule has 1 aliphatic rings. The predicted molar refractivity (Wildman–Crippen MR) is 114 cm³/mol. The Balaban J connectivity index is 2.25. The lowest BCUT2D eigenvalue weighted by atomic mass is 9.91. The van der Waals surface area contributed by atoms with E-state index in [2.05, 4.69) is 0 Å². The number of carbonyl (C=O) groups is 2. The Morgan fingerprint density at radius 2 is 1.93 bits per heavy atom. The first-order valence-corrected chi connectivity index (χ1v) is 10.0. The van der Waals surface area contributed by atoms with Gasteiger partial charge in [0, 0.05) is 33.0 Å². The van der Waals surface area contributed by atoms with Crippen molar-refractivity contribution in [2.45, 2.75) is 52.1 Å². The summed E-state index contributed by atoms with van der Waals surface area (Å²) in [6.07, 6.45) is 4.93. The zero-order chi connectivity index (χ0) is 22.2. The van der Waals surface area contributed by atoms with Gasteiger partial charge in [0.1, 0.15) is 22.7 Å². The third kappa shape index (κ3) is 3.97. The fourth-order valence-electron chi connectivity index (χ4n) is 3.58. The molecular weight excluding hydrogens is 386 g/mol. The van der Waals surface area contributed by atoms with Crippen LogP contribution in [0.3, 0.4) is 0 Å². The SMILES string of the molecule is CCC(=O)c1c(O)c2c(c3c(CCCC(=O)N(C)C)cc(=O)oc13)OC(C)(C)C=C2. The molecule has 7 heteroatoms. The van der Waals surface area contributed by atoms with Gasteiger partial charge in [0.15, 0.2) is 11.4 Å². The molecule has 160 valence electrons. The second-order valence-electron chi connectivity index (χ2n) is 8.22. The van der Waals surface area contributed by atoms with Gasteiger partial charge in [-0.1, -0.05) is 6.92 Å². The van der Waals surface area contributed by atoms with Crippen molar-refractivity contribution in [3.63, 3.8) is 0 Å². The number of ether oxygens (including phenoxy) is 1. The number of rotatable bonds is 6. The smallest absolute Gasteiger partial charge is 0.336 e. The van der Waals surface area contributed by atoms with Gasteiger partial charge < -0.3 is 19.2 Å². The number of Topliss-reactive ketones (excluding diaryl/α,β-unsaturated/α-hetero) is 1. The normalized spacial score (nSPS) is 14.3. The maximum absolute atomic E-state index is 12.6. The van der Waals surface area contributed by atoms with Crippen LogP contribution in [-0.2, 0) is 11.2 Å². The van der Waals surface area contributed by atoms with Gasteiger partial charge in [-0.05, 0) is 44.4 Å². The zero-order valence-corrected chi connectivity index (χ0v) is 18.0. The van der Waals surface area contributed by atoms with Crippen LogP contribution < -0.4 is 10.4 Å². The summed E-state index contributed by atoms with van der Waals surface area (Å²) in [5.41, 5.74) is -0.227. The topological polar surface area (TPSA) is 97.1 Å². The van der Waals surface area contributed by atoms with Gasteiger partial charge in [0.2, 0.25) is 5.91 Å². The highest BCUT2D eigenvalue weighted by molar-refractivity contribution is 6.12. The van der Waals surface area contributed by atoms with E-state index in [4.69, 9.17) is 9.15 Å². The monoisotopic (exact) mass is 413 g/mol. The summed E-state index contributed by atoms with van der Waals surface area (Å²) in [6.45, 7) is 5.42. The minimum atomic E-state index is -0.642. The van der Waals surface area contributed by atoms with E-state index in [1.165, 1.54) is 11.0 Å². The van der Waals surface area contributed by atoms with Crippen LogP contribution in [0.2, 0.25) is 0 Å². The molecule has 1 N–H and O–H groups in total. The van der Waals surface area contributed by atoms with E-state index >= 15 is 0 Å². The standard InChI is InChI=1S/C23H27NO6/c1-6-15(25)19-20(28)14-10-11-23(2,3)30-21(14)18-13(12-17(27)29-22(18)19)8-7-9-16(26)24(4)5/h10-12,28H,6-9H2,1-5H3. The minimum Gasteiger partial charge on any atom is -0.506 e. The lowest BCUT2D eigenvalue weighted by molar-refractivity contribution is -0.128. The van der Waals surface area contributed by atoms with Crippen molar-refractivity contribution in [1.29, 1.82) is 0 Å². The summed E-state index contributed by atoms with van der Waals surface area (Å²) < 4.78 is 11.6. The van der Waals surface area contributed by atoms with E-state index in [-0.39, 0.29) is 35.0 Å². The Hall–Kier alpha value is -3.09. The van der Waals surface area contributed by atoms with E-state index in [9.17, 15) is 19.5 Å². The molecule has 0 fully saturated rings. The number of carbonyl (C=O) groups excluding carboxylic acids is 2. The fraction of sp³-hybridized carbons (Fsp3) is 0.435. The predicted octanol–water partition coefficient (Wildman–Crippen LogP) is 3.69. The maximum atomic E-state index is 12.6. The Labute approximate surface area is 174 Å². The van der Waals surface area contributed by atoms with Crippen LogP contribution in [0.4, 0.5) is 0 Å². The second kappa shape index (κ2) is 7.97. The molecular formula is C23H27NO6. The van der Waals surface area contributed by atoms with Crippen molar-refractivity contribution in [2.75, 3.05) is 14.1 Å². The quantitative estimate of drug-likeness (QED) is 0.573. The van der Waals surface area contributed by atoms with Crippen LogP contribution in [0, 0.1) is 0 Å². The molecule has 0 aliphatic carbocycles. The van der Waals surface area contributed by atoms with Crippen molar-refractivity contribution in [3.05, 3.63) is 39.3 Å². The lowest BCUT2D eigenvalue weighted by Crippen LogP contribution is -2.28. The van der Waals surface area contributed by atoms with E-state index in [0.717, 1.165) is 0 Å². The Morgan fingerprint density at radius 1 is 1.23 bits per heavy atom. The number of aryl methyl sites for hydroxylation is 1. The van der Waals surface area contributed by atoms with Gasteiger partial charge >= 0.3 is 5.63 Å². The molecule has 0 saturated heterocycles. The van der Waals surface area contributed by atoms with Crippen LogP contribution in [0.1, 0.15) is 61.5 Å². The highest BCUT2D eigenvalue weighted by Gasteiger charge is 2.32.